The summed E-state index contributed by atoms with van der Waals surface area (Å²) in [5.41, 5.74) is 0.469. The Morgan fingerprint density at radius 1 is 1.24 bits per heavy atom. The van der Waals surface area contributed by atoms with Gasteiger partial charge >= 0.3 is 12.0 Å². The summed E-state index contributed by atoms with van der Waals surface area (Å²) in [4.78, 5) is 34.7. The maximum absolute atomic E-state index is 11.8. The van der Waals surface area contributed by atoms with Gasteiger partial charge in [0.15, 0.2) is 12.7 Å². The first kappa shape index (κ1) is 20.0. The molecule has 0 bridgehead atoms. The number of carbonyl (C=O) groups is 3. The molecule has 0 unspecified atom stereocenters. The van der Waals surface area contributed by atoms with Gasteiger partial charge in [0.05, 0.1) is 11.6 Å². The van der Waals surface area contributed by atoms with Crippen LogP contribution in [0.3, 0.4) is 0 Å². The summed E-state index contributed by atoms with van der Waals surface area (Å²) < 4.78 is 10.2. The summed E-state index contributed by atoms with van der Waals surface area (Å²) in [6.45, 7) is 3.33. The zero-order chi connectivity index (χ0) is 18.7. The van der Waals surface area contributed by atoms with E-state index in [-0.39, 0.29) is 0 Å². The topological polar surface area (TPSA) is 118 Å². The highest BCUT2D eigenvalue weighted by Crippen LogP contribution is 2.13. The van der Waals surface area contributed by atoms with Crippen molar-refractivity contribution in [2.24, 2.45) is 0 Å². The van der Waals surface area contributed by atoms with Gasteiger partial charge in [0, 0.05) is 6.54 Å². The Hall–Kier alpha value is -3.08. The zero-order valence-corrected chi connectivity index (χ0v) is 14.2. The second kappa shape index (κ2) is 10.6. The average molecular weight is 347 g/mol. The monoisotopic (exact) mass is 347 g/mol. The van der Waals surface area contributed by atoms with E-state index in [0.717, 1.165) is 12.8 Å². The van der Waals surface area contributed by atoms with Crippen molar-refractivity contribution in [3.05, 3.63) is 29.8 Å². The molecule has 0 heterocycles. The second-order valence-corrected chi connectivity index (χ2v) is 5.16. The second-order valence-electron chi connectivity index (χ2n) is 5.16. The Bertz CT molecular complexity index is 637. The van der Waals surface area contributed by atoms with Crippen molar-refractivity contribution in [3.63, 3.8) is 0 Å². The smallest absolute Gasteiger partial charge is 0.347 e. The first-order valence-electron chi connectivity index (χ1n) is 7.87. The Morgan fingerprint density at radius 2 is 1.92 bits per heavy atom. The molecule has 0 aromatic heterocycles. The summed E-state index contributed by atoms with van der Waals surface area (Å²) in [5.74, 6) is -1.08. The largest absolute Gasteiger partial charge is 0.479 e. The lowest BCUT2D eigenvalue weighted by molar-refractivity contribution is -0.154. The molecule has 0 saturated carbocycles. The van der Waals surface area contributed by atoms with E-state index in [9.17, 15) is 14.4 Å². The lowest BCUT2D eigenvalue weighted by Crippen LogP contribution is -2.42. The minimum absolute atomic E-state index is 0.392. The highest BCUT2D eigenvalue weighted by Gasteiger charge is 2.18. The molecule has 1 aromatic rings. The predicted octanol–water partition coefficient (Wildman–Crippen LogP) is 1.49. The maximum atomic E-state index is 11.8. The van der Waals surface area contributed by atoms with Crippen LogP contribution in [0.25, 0.3) is 0 Å². The third kappa shape index (κ3) is 7.83. The van der Waals surface area contributed by atoms with Crippen LogP contribution in [0.1, 0.15) is 32.3 Å². The highest BCUT2D eigenvalue weighted by molar-refractivity contribution is 5.95. The number of nitrogens with zero attached hydrogens (tertiary/aromatic N) is 1. The van der Waals surface area contributed by atoms with E-state index in [1.54, 1.807) is 24.3 Å². The van der Waals surface area contributed by atoms with Gasteiger partial charge in [-0.15, -0.1) is 0 Å². The van der Waals surface area contributed by atoms with Crippen molar-refractivity contribution in [2.45, 2.75) is 32.8 Å². The third-order valence-electron chi connectivity index (χ3n) is 3.04. The summed E-state index contributed by atoms with van der Waals surface area (Å²) in [7, 11) is 0. The number of carbonyl (C=O) groups excluding carboxylic acids is 3. The fourth-order valence-corrected chi connectivity index (χ4v) is 1.70. The zero-order valence-electron chi connectivity index (χ0n) is 14.2. The molecule has 2 N–H and O–H groups in total. The van der Waals surface area contributed by atoms with Crippen LogP contribution >= 0.6 is 0 Å². The summed E-state index contributed by atoms with van der Waals surface area (Å²) in [6.07, 6.45) is 0.781. The number of nitrogens with one attached hydrogen (secondary N) is 2. The Morgan fingerprint density at radius 3 is 2.52 bits per heavy atom. The molecule has 0 radical (unpaired) electrons. The molecule has 1 aromatic carbocycles. The van der Waals surface area contributed by atoms with Gasteiger partial charge in [0.1, 0.15) is 5.75 Å². The number of urea groups is 1. The van der Waals surface area contributed by atoms with Crippen LogP contribution in [0.5, 0.6) is 5.75 Å². The fourth-order valence-electron chi connectivity index (χ4n) is 1.70. The average Bonchev–Trinajstić information content (AvgIpc) is 2.60. The summed E-state index contributed by atoms with van der Waals surface area (Å²) in [5, 5.41) is 13.3. The Kier molecular flexibility index (Phi) is 8.50. The van der Waals surface area contributed by atoms with E-state index in [2.05, 4.69) is 10.6 Å². The third-order valence-corrected chi connectivity index (χ3v) is 3.04. The first-order chi connectivity index (χ1) is 12.0. The molecule has 3 amide bonds. The summed E-state index contributed by atoms with van der Waals surface area (Å²) >= 11 is 0. The minimum Gasteiger partial charge on any atom is -0.479 e. The molecule has 0 aliphatic rings. The van der Waals surface area contributed by atoms with Gasteiger partial charge < -0.3 is 14.8 Å². The molecule has 0 saturated heterocycles. The van der Waals surface area contributed by atoms with Crippen LogP contribution in [-0.4, -0.2) is 37.2 Å². The van der Waals surface area contributed by atoms with Crippen molar-refractivity contribution in [2.75, 3.05) is 13.2 Å². The maximum Gasteiger partial charge on any atom is 0.347 e. The van der Waals surface area contributed by atoms with Crippen molar-refractivity contribution in [3.8, 4) is 11.8 Å². The quantitative estimate of drug-likeness (QED) is 0.543. The molecular weight excluding hydrogens is 326 g/mol. The van der Waals surface area contributed by atoms with E-state index < -0.39 is 30.6 Å². The summed E-state index contributed by atoms with van der Waals surface area (Å²) in [6, 6.07) is 7.55. The number of esters is 1. The van der Waals surface area contributed by atoms with E-state index in [4.69, 9.17) is 14.7 Å². The molecule has 0 aliphatic carbocycles. The predicted molar refractivity (Wildman–Crippen MR) is 88.7 cm³/mol. The lowest BCUT2D eigenvalue weighted by atomic mass is 10.2. The first-order valence-corrected chi connectivity index (χ1v) is 7.87. The lowest BCUT2D eigenvalue weighted by Gasteiger charge is -2.14. The van der Waals surface area contributed by atoms with Crippen LogP contribution in [-0.2, 0) is 14.3 Å². The van der Waals surface area contributed by atoms with Crippen LogP contribution in [0.15, 0.2) is 24.3 Å². The molecule has 8 heteroatoms. The SMILES string of the molecule is CCCCNC(=O)NC(=O)COC(=O)[C@H](C)Oc1ccc(C#N)cc1. The van der Waals surface area contributed by atoms with Crippen molar-refractivity contribution in [1.29, 1.82) is 5.26 Å². The van der Waals surface area contributed by atoms with Crippen molar-refractivity contribution < 1.29 is 23.9 Å². The number of amides is 3. The molecule has 1 atom stereocenters. The van der Waals surface area contributed by atoms with Crippen LogP contribution in [0.4, 0.5) is 4.79 Å². The van der Waals surface area contributed by atoms with Gasteiger partial charge in [0.25, 0.3) is 5.91 Å². The van der Waals surface area contributed by atoms with Crippen molar-refractivity contribution in [1.82, 2.24) is 10.6 Å². The van der Waals surface area contributed by atoms with Crippen molar-refractivity contribution >= 4 is 17.9 Å². The van der Waals surface area contributed by atoms with Gasteiger partial charge in [-0.25, -0.2) is 9.59 Å². The number of unbranched alkanes of at least 4 members (excludes halogenated alkanes) is 1. The van der Waals surface area contributed by atoms with Crippen LogP contribution < -0.4 is 15.4 Å². The number of hydrogen-bond donors (Lipinski definition) is 2. The number of ether oxygens (including phenoxy) is 2. The normalized spacial score (nSPS) is 10.9. The van der Waals surface area contributed by atoms with Gasteiger partial charge in [-0.2, -0.15) is 5.26 Å². The molecule has 0 fully saturated rings. The van der Waals surface area contributed by atoms with E-state index >= 15 is 0 Å². The van der Waals surface area contributed by atoms with Crippen LogP contribution in [0.2, 0.25) is 0 Å². The van der Waals surface area contributed by atoms with Gasteiger partial charge in [-0.1, -0.05) is 13.3 Å². The molecule has 1 rings (SSSR count). The number of nitriles is 1. The van der Waals surface area contributed by atoms with E-state index in [1.807, 2.05) is 13.0 Å². The molecule has 134 valence electrons. The number of rotatable bonds is 8. The molecule has 0 aliphatic heterocycles. The van der Waals surface area contributed by atoms with Gasteiger partial charge in [-0.05, 0) is 37.6 Å². The number of benzene rings is 1. The highest BCUT2D eigenvalue weighted by atomic mass is 16.6. The van der Waals surface area contributed by atoms with E-state index in [0.29, 0.717) is 17.9 Å². The molecule has 0 spiro atoms. The van der Waals surface area contributed by atoms with Crippen LogP contribution in [0, 0.1) is 11.3 Å². The van der Waals surface area contributed by atoms with Gasteiger partial charge in [-0.3, -0.25) is 10.1 Å². The molecular formula is C17H21N3O5. The Labute approximate surface area is 146 Å². The standard InChI is InChI=1S/C17H21N3O5/c1-3-4-9-19-17(23)20-15(21)11-24-16(22)12(2)25-14-7-5-13(10-18)6-8-14/h5-8,12H,3-4,9,11H2,1-2H3,(H2,19,20,21,23)/t12-/m0/s1. The number of imide groups is 1. The minimum atomic E-state index is -0.945. The molecule has 8 nitrogen and oxygen atoms in total. The van der Waals surface area contributed by atoms with Gasteiger partial charge in [0.2, 0.25) is 0 Å². The van der Waals surface area contributed by atoms with E-state index in [1.165, 1.54) is 6.92 Å². The molecule has 25 heavy (non-hydrogen) atoms. The fraction of sp³-hybridized carbons (Fsp3) is 0.412. The number of hydrogen-bond acceptors (Lipinski definition) is 6. The Balaban J connectivity index is 2.33.